The molecule has 0 radical (unpaired) electrons. The second-order valence-corrected chi connectivity index (χ2v) is 7.25. The van der Waals surface area contributed by atoms with Gasteiger partial charge in [-0.05, 0) is 36.0 Å². The maximum absolute atomic E-state index is 5.70. The van der Waals surface area contributed by atoms with Gasteiger partial charge in [-0.15, -0.1) is 0 Å². The van der Waals surface area contributed by atoms with Crippen LogP contribution < -0.4 is 5.73 Å². The molecule has 2 rings (SSSR count). The van der Waals surface area contributed by atoms with Crippen molar-refractivity contribution in [1.82, 2.24) is 4.90 Å². The van der Waals surface area contributed by atoms with Gasteiger partial charge in [-0.2, -0.15) is 0 Å². The van der Waals surface area contributed by atoms with Crippen LogP contribution in [0.3, 0.4) is 0 Å². The highest BCUT2D eigenvalue weighted by Gasteiger charge is 2.23. The van der Waals surface area contributed by atoms with Crippen LogP contribution in [0.25, 0.3) is 0 Å². The molecule has 112 valence electrons. The molecule has 0 bridgehead atoms. The van der Waals surface area contributed by atoms with E-state index in [9.17, 15) is 0 Å². The summed E-state index contributed by atoms with van der Waals surface area (Å²) in [6.45, 7) is 7.48. The van der Waals surface area contributed by atoms with Gasteiger partial charge in [-0.1, -0.05) is 54.8 Å². The van der Waals surface area contributed by atoms with E-state index in [1.807, 2.05) is 0 Å². The van der Waals surface area contributed by atoms with Crippen molar-refractivity contribution in [2.24, 2.45) is 11.7 Å². The predicted octanol–water partition coefficient (Wildman–Crippen LogP) is 4.31. The van der Waals surface area contributed by atoms with Crippen molar-refractivity contribution in [3.05, 3.63) is 33.8 Å². The Hall–Kier alpha value is -0.380. The molecule has 0 unspecified atom stereocenters. The number of nitrogens with zero attached hydrogens (tertiary/aromatic N) is 1. The van der Waals surface area contributed by atoms with E-state index in [1.54, 1.807) is 0 Å². The summed E-state index contributed by atoms with van der Waals surface area (Å²) >= 11 is 3.71. The monoisotopic (exact) mass is 338 g/mol. The van der Waals surface area contributed by atoms with Crippen LogP contribution in [-0.2, 0) is 13.1 Å². The Kier molecular flexibility index (Phi) is 6.06. The molecular weight excluding hydrogens is 312 g/mol. The Morgan fingerprint density at radius 3 is 2.55 bits per heavy atom. The van der Waals surface area contributed by atoms with Gasteiger partial charge in [0.1, 0.15) is 0 Å². The highest BCUT2D eigenvalue weighted by molar-refractivity contribution is 9.10. The third-order valence-corrected chi connectivity index (χ3v) is 4.91. The van der Waals surface area contributed by atoms with Gasteiger partial charge in [-0.25, -0.2) is 0 Å². The van der Waals surface area contributed by atoms with E-state index < -0.39 is 0 Å². The van der Waals surface area contributed by atoms with Crippen LogP contribution in [0.1, 0.15) is 50.7 Å². The van der Waals surface area contributed by atoms with E-state index in [0.717, 1.165) is 18.5 Å². The molecule has 1 aliphatic rings. The molecule has 0 spiro atoms. The van der Waals surface area contributed by atoms with Gasteiger partial charge in [-0.3, -0.25) is 4.90 Å². The normalized spacial score (nSPS) is 16.5. The van der Waals surface area contributed by atoms with Crippen molar-refractivity contribution in [1.29, 1.82) is 0 Å². The van der Waals surface area contributed by atoms with Crippen LogP contribution in [0.2, 0.25) is 0 Å². The molecular formula is C17H27BrN2. The smallest absolute Gasteiger partial charge is 0.0247 e. The van der Waals surface area contributed by atoms with Crippen molar-refractivity contribution < 1.29 is 0 Å². The van der Waals surface area contributed by atoms with Crippen LogP contribution in [0, 0.1) is 5.92 Å². The van der Waals surface area contributed by atoms with Gasteiger partial charge < -0.3 is 5.73 Å². The van der Waals surface area contributed by atoms with Gasteiger partial charge in [0, 0.05) is 30.1 Å². The largest absolute Gasteiger partial charge is 0.326 e. The summed E-state index contributed by atoms with van der Waals surface area (Å²) in [6, 6.07) is 7.33. The molecule has 20 heavy (non-hydrogen) atoms. The van der Waals surface area contributed by atoms with Crippen molar-refractivity contribution >= 4 is 15.9 Å². The predicted molar refractivity (Wildman–Crippen MR) is 89.5 cm³/mol. The molecule has 1 aromatic rings. The summed E-state index contributed by atoms with van der Waals surface area (Å²) in [4.78, 5) is 2.68. The molecule has 1 saturated carbocycles. The van der Waals surface area contributed by atoms with Crippen molar-refractivity contribution in [2.75, 3.05) is 6.54 Å². The summed E-state index contributed by atoms with van der Waals surface area (Å²) in [7, 11) is 0. The number of benzene rings is 1. The molecule has 1 aliphatic carbocycles. The lowest BCUT2D eigenvalue weighted by Gasteiger charge is -2.31. The fourth-order valence-corrected chi connectivity index (χ4v) is 3.70. The summed E-state index contributed by atoms with van der Waals surface area (Å²) in [5.41, 5.74) is 8.28. The molecule has 2 N–H and O–H groups in total. The van der Waals surface area contributed by atoms with Crippen LogP contribution in [0.4, 0.5) is 0 Å². The molecule has 3 heteroatoms. The van der Waals surface area contributed by atoms with Crippen molar-refractivity contribution in [3.63, 3.8) is 0 Å². The summed E-state index contributed by atoms with van der Waals surface area (Å²) in [6.07, 6.45) is 5.52. The van der Waals surface area contributed by atoms with E-state index in [4.69, 9.17) is 5.73 Å². The number of hydrogen-bond acceptors (Lipinski definition) is 2. The minimum Gasteiger partial charge on any atom is -0.326 e. The molecule has 0 amide bonds. The number of hydrogen-bond donors (Lipinski definition) is 1. The second kappa shape index (κ2) is 7.58. The third kappa shape index (κ3) is 4.31. The minimum absolute atomic E-state index is 0.608. The Morgan fingerprint density at radius 1 is 1.30 bits per heavy atom. The molecule has 1 aromatic carbocycles. The van der Waals surface area contributed by atoms with Gasteiger partial charge >= 0.3 is 0 Å². The first-order valence-corrected chi connectivity index (χ1v) is 8.61. The molecule has 0 aliphatic heterocycles. The molecule has 0 saturated heterocycles. The zero-order valence-corrected chi connectivity index (χ0v) is 14.3. The highest BCUT2D eigenvalue weighted by atomic mass is 79.9. The summed E-state index contributed by atoms with van der Waals surface area (Å²) < 4.78 is 1.20. The average molecular weight is 339 g/mol. The highest BCUT2D eigenvalue weighted by Crippen LogP contribution is 2.28. The maximum atomic E-state index is 5.70. The fraction of sp³-hybridized carbons (Fsp3) is 0.647. The maximum Gasteiger partial charge on any atom is 0.0247 e. The molecule has 0 heterocycles. The number of nitrogens with two attached hydrogens (primary N) is 1. The topological polar surface area (TPSA) is 29.3 Å². The quantitative estimate of drug-likeness (QED) is 0.837. The first-order valence-electron chi connectivity index (χ1n) is 7.81. The summed E-state index contributed by atoms with van der Waals surface area (Å²) in [5.74, 6) is 0.720. The lowest BCUT2D eigenvalue weighted by molar-refractivity contribution is 0.168. The van der Waals surface area contributed by atoms with Crippen molar-refractivity contribution in [3.8, 4) is 0 Å². The van der Waals surface area contributed by atoms with Gasteiger partial charge in [0.15, 0.2) is 0 Å². The summed E-state index contributed by atoms with van der Waals surface area (Å²) in [5, 5.41) is 0. The minimum atomic E-state index is 0.608. The van der Waals surface area contributed by atoms with Crippen LogP contribution in [0.15, 0.2) is 22.7 Å². The second-order valence-electron chi connectivity index (χ2n) is 6.39. The van der Waals surface area contributed by atoms with Crippen LogP contribution >= 0.6 is 15.9 Å². The van der Waals surface area contributed by atoms with E-state index in [0.29, 0.717) is 6.54 Å². The zero-order valence-electron chi connectivity index (χ0n) is 12.7. The Labute approximate surface area is 131 Å². The standard InChI is InChI=1S/C17H27BrN2/c1-13(2)11-20(16-5-3-4-6-16)12-15-8-7-14(10-19)9-17(15)18/h7-9,13,16H,3-6,10-12,19H2,1-2H3. The molecule has 2 nitrogen and oxygen atoms in total. The van der Waals surface area contributed by atoms with Gasteiger partial charge in [0.2, 0.25) is 0 Å². The fourth-order valence-electron chi connectivity index (χ4n) is 3.15. The van der Waals surface area contributed by atoms with Crippen LogP contribution in [-0.4, -0.2) is 17.5 Å². The molecule has 1 fully saturated rings. The lowest BCUT2D eigenvalue weighted by Crippen LogP contribution is -2.35. The molecule has 0 atom stereocenters. The van der Waals surface area contributed by atoms with Crippen LogP contribution in [0.5, 0.6) is 0 Å². The van der Waals surface area contributed by atoms with E-state index in [-0.39, 0.29) is 0 Å². The van der Waals surface area contributed by atoms with E-state index >= 15 is 0 Å². The van der Waals surface area contributed by atoms with Gasteiger partial charge in [0.25, 0.3) is 0 Å². The SMILES string of the molecule is CC(C)CN(Cc1ccc(CN)cc1Br)C1CCCC1. The lowest BCUT2D eigenvalue weighted by atomic mass is 10.1. The first-order chi connectivity index (χ1) is 9.60. The van der Waals surface area contributed by atoms with E-state index in [1.165, 1.54) is 47.8 Å². The molecule has 0 aromatic heterocycles. The number of halogens is 1. The first kappa shape index (κ1) is 16.0. The van der Waals surface area contributed by atoms with E-state index in [2.05, 4.69) is 52.9 Å². The Balaban J connectivity index is 2.10. The zero-order chi connectivity index (χ0) is 14.5. The van der Waals surface area contributed by atoms with Gasteiger partial charge in [0.05, 0.1) is 0 Å². The van der Waals surface area contributed by atoms with Crippen molar-refractivity contribution in [2.45, 2.75) is 58.7 Å². The Bertz CT molecular complexity index is 425. The number of rotatable bonds is 6. The Morgan fingerprint density at radius 2 is 2.00 bits per heavy atom. The average Bonchev–Trinajstić information content (AvgIpc) is 2.93. The third-order valence-electron chi connectivity index (χ3n) is 4.17.